The van der Waals surface area contributed by atoms with Gasteiger partial charge in [0, 0.05) is 6.61 Å². The van der Waals surface area contributed by atoms with Gasteiger partial charge in [0.15, 0.2) is 0 Å². The van der Waals surface area contributed by atoms with E-state index in [-0.39, 0.29) is 11.0 Å². The SMILES string of the molecule is CC(C)(C)[Si](OCC1CCC(C(=O)O)CC1)(c1ccccc1)c1ccccc1. The first-order valence-corrected chi connectivity index (χ1v) is 12.2. The Hall–Kier alpha value is -1.91. The average molecular weight is 397 g/mol. The summed E-state index contributed by atoms with van der Waals surface area (Å²) < 4.78 is 6.99. The lowest BCUT2D eigenvalue weighted by atomic mass is 9.82. The predicted octanol–water partition coefficient (Wildman–Crippen LogP) is 4.45. The molecule has 28 heavy (non-hydrogen) atoms. The lowest BCUT2D eigenvalue weighted by Crippen LogP contribution is -2.67. The molecule has 0 bridgehead atoms. The summed E-state index contributed by atoms with van der Waals surface area (Å²) in [7, 11) is -2.49. The fourth-order valence-electron chi connectivity index (χ4n) is 4.58. The van der Waals surface area contributed by atoms with Crippen molar-refractivity contribution in [2.45, 2.75) is 51.5 Å². The number of rotatable bonds is 6. The van der Waals surface area contributed by atoms with E-state index in [0.717, 1.165) is 25.7 Å². The van der Waals surface area contributed by atoms with Gasteiger partial charge in [0.05, 0.1) is 5.92 Å². The molecule has 4 heteroatoms. The van der Waals surface area contributed by atoms with Crippen LogP contribution >= 0.6 is 0 Å². The molecule has 1 saturated carbocycles. The fraction of sp³-hybridized carbons (Fsp3) is 0.458. The Morgan fingerprint density at radius 1 is 0.929 bits per heavy atom. The number of hydrogen-bond donors (Lipinski definition) is 1. The van der Waals surface area contributed by atoms with E-state index in [1.165, 1.54) is 10.4 Å². The number of hydrogen-bond acceptors (Lipinski definition) is 2. The zero-order valence-corrected chi connectivity index (χ0v) is 18.2. The molecule has 2 aromatic carbocycles. The first-order valence-electron chi connectivity index (χ1n) is 10.3. The van der Waals surface area contributed by atoms with Crippen molar-refractivity contribution in [3.63, 3.8) is 0 Å². The van der Waals surface area contributed by atoms with Crippen LogP contribution in [0.25, 0.3) is 0 Å². The van der Waals surface area contributed by atoms with Crippen molar-refractivity contribution < 1.29 is 14.3 Å². The number of carbonyl (C=O) groups is 1. The molecule has 1 fully saturated rings. The Kier molecular flexibility index (Phi) is 6.41. The predicted molar refractivity (Wildman–Crippen MR) is 117 cm³/mol. The summed E-state index contributed by atoms with van der Waals surface area (Å²) in [6, 6.07) is 21.4. The maximum atomic E-state index is 11.3. The molecule has 0 unspecified atom stereocenters. The maximum Gasteiger partial charge on any atom is 0.306 e. The number of carboxylic acids is 1. The fourth-order valence-corrected chi connectivity index (χ4v) is 9.22. The van der Waals surface area contributed by atoms with Crippen LogP contribution in [-0.4, -0.2) is 26.0 Å². The van der Waals surface area contributed by atoms with E-state index in [1.54, 1.807) is 0 Å². The molecule has 0 atom stereocenters. The summed E-state index contributed by atoms with van der Waals surface area (Å²) in [5.41, 5.74) is 0. The number of benzene rings is 2. The maximum absolute atomic E-state index is 11.3. The first-order chi connectivity index (χ1) is 13.3. The molecular formula is C24H32O3Si. The van der Waals surface area contributed by atoms with Crippen LogP contribution in [0.15, 0.2) is 60.7 Å². The van der Waals surface area contributed by atoms with E-state index in [2.05, 4.69) is 81.4 Å². The van der Waals surface area contributed by atoms with Gasteiger partial charge in [0.25, 0.3) is 8.32 Å². The Bertz CT molecular complexity index is 720. The van der Waals surface area contributed by atoms with Crippen molar-refractivity contribution in [1.82, 2.24) is 0 Å². The van der Waals surface area contributed by atoms with Gasteiger partial charge in [-0.1, -0.05) is 81.4 Å². The molecule has 150 valence electrons. The minimum Gasteiger partial charge on any atom is -0.481 e. The zero-order valence-electron chi connectivity index (χ0n) is 17.2. The molecule has 1 aliphatic carbocycles. The Morgan fingerprint density at radius 2 is 1.39 bits per heavy atom. The van der Waals surface area contributed by atoms with E-state index in [0.29, 0.717) is 12.5 Å². The standard InChI is InChI=1S/C24H32O3Si/c1-24(2,3)28(21-10-6-4-7-11-21,22-12-8-5-9-13-22)27-18-19-14-16-20(17-15-19)23(25)26/h4-13,19-20H,14-18H2,1-3H3,(H,25,26). The minimum atomic E-state index is -2.49. The topological polar surface area (TPSA) is 46.5 Å². The molecule has 1 N–H and O–H groups in total. The van der Waals surface area contributed by atoms with E-state index in [1.807, 2.05) is 0 Å². The lowest BCUT2D eigenvalue weighted by Gasteiger charge is -2.44. The Morgan fingerprint density at radius 3 is 1.79 bits per heavy atom. The molecule has 3 rings (SSSR count). The van der Waals surface area contributed by atoms with Crippen molar-refractivity contribution >= 4 is 24.7 Å². The van der Waals surface area contributed by atoms with Crippen LogP contribution in [-0.2, 0) is 9.22 Å². The van der Waals surface area contributed by atoms with Crippen LogP contribution in [0.5, 0.6) is 0 Å². The van der Waals surface area contributed by atoms with E-state index in [9.17, 15) is 9.90 Å². The highest BCUT2D eigenvalue weighted by atomic mass is 28.4. The third kappa shape index (κ3) is 4.23. The van der Waals surface area contributed by atoms with Crippen LogP contribution in [0.3, 0.4) is 0 Å². The summed E-state index contributed by atoms with van der Waals surface area (Å²) in [5.74, 6) is -0.382. The van der Waals surface area contributed by atoms with Gasteiger partial charge in [-0.3, -0.25) is 4.79 Å². The summed E-state index contributed by atoms with van der Waals surface area (Å²) >= 11 is 0. The van der Waals surface area contributed by atoms with Crippen LogP contribution < -0.4 is 10.4 Å². The van der Waals surface area contributed by atoms with Gasteiger partial charge >= 0.3 is 5.97 Å². The van der Waals surface area contributed by atoms with Gasteiger partial charge in [-0.25, -0.2) is 0 Å². The number of aliphatic carboxylic acids is 1. The smallest absolute Gasteiger partial charge is 0.306 e. The van der Waals surface area contributed by atoms with E-state index in [4.69, 9.17) is 4.43 Å². The second-order valence-electron chi connectivity index (χ2n) is 9.03. The summed E-state index contributed by atoms with van der Waals surface area (Å²) in [5, 5.41) is 11.8. The highest BCUT2D eigenvalue weighted by Gasteiger charge is 2.50. The van der Waals surface area contributed by atoms with Gasteiger partial charge in [-0.05, 0) is 47.0 Å². The molecule has 0 radical (unpaired) electrons. The monoisotopic (exact) mass is 396 g/mol. The lowest BCUT2D eigenvalue weighted by molar-refractivity contribution is -0.143. The van der Waals surface area contributed by atoms with Crippen molar-refractivity contribution in [2.24, 2.45) is 11.8 Å². The number of carboxylic acid groups (broad SMARTS) is 1. The molecule has 1 aliphatic rings. The minimum absolute atomic E-state index is 0.0199. The molecule has 0 saturated heterocycles. The van der Waals surface area contributed by atoms with Crippen LogP contribution in [0.4, 0.5) is 0 Å². The zero-order chi connectivity index (χ0) is 20.2. The largest absolute Gasteiger partial charge is 0.481 e. The van der Waals surface area contributed by atoms with E-state index >= 15 is 0 Å². The van der Waals surface area contributed by atoms with Gasteiger partial charge in [-0.2, -0.15) is 0 Å². The highest BCUT2D eigenvalue weighted by molar-refractivity contribution is 6.99. The molecule has 0 aromatic heterocycles. The Labute approximate surface area is 169 Å². The molecule has 0 spiro atoms. The normalized spacial score (nSPS) is 20.7. The van der Waals surface area contributed by atoms with Crippen molar-refractivity contribution in [2.75, 3.05) is 6.61 Å². The van der Waals surface area contributed by atoms with E-state index < -0.39 is 14.3 Å². The quantitative estimate of drug-likeness (QED) is 0.734. The Balaban J connectivity index is 1.90. The summed E-state index contributed by atoms with van der Waals surface area (Å²) in [6.07, 6.45) is 3.42. The second-order valence-corrected chi connectivity index (χ2v) is 13.3. The van der Waals surface area contributed by atoms with Crippen LogP contribution in [0.1, 0.15) is 46.5 Å². The van der Waals surface area contributed by atoms with Crippen molar-refractivity contribution in [1.29, 1.82) is 0 Å². The molecule has 3 nitrogen and oxygen atoms in total. The molecule has 2 aromatic rings. The summed E-state index contributed by atoms with van der Waals surface area (Å²) in [6.45, 7) is 7.58. The van der Waals surface area contributed by atoms with Crippen LogP contribution in [0.2, 0.25) is 5.04 Å². The summed E-state index contributed by atoms with van der Waals surface area (Å²) in [4.78, 5) is 11.3. The first kappa shape index (κ1) is 20.8. The van der Waals surface area contributed by atoms with Crippen LogP contribution in [0, 0.1) is 11.8 Å². The molecular weight excluding hydrogens is 364 g/mol. The molecule has 0 aliphatic heterocycles. The van der Waals surface area contributed by atoms with Gasteiger partial charge in [0.1, 0.15) is 0 Å². The second kappa shape index (κ2) is 8.62. The van der Waals surface area contributed by atoms with Gasteiger partial charge in [0.2, 0.25) is 0 Å². The third-order valence-corrected chi connectivity index (χ3v) is 11.2. The van der Waals surface area contributed by atoms with Crippen molar-refractivity contribution in [3.8, 4) is 0 Å². The average Bonchev–Trinajstić information content (AvgIpc) is 2.69. The third-order valence-electron chi connectivity index (χ3n) is 6.15. The van der Waals surface area contributed by atoms with Crippen molar-refractivity contribution in [3.05, 3.63) is 60.7 Å². The molecule has 0 amide bonds. The highest BCUT2D eigenvalue weighted by Crippen LogP contribution is 2.38. The van der Waals surface area contributed by atoms with Gasteiger partial charge < -0.3 is 9.53 Å². The molecule has 0 heterocycles. The van der Waals surface area contributed by atoms with Gasteiger partial charge in [-0.15, -0.1) is 0 Å².